The standard InChI is InChI=1S/C29H28N2O3/c1-4-24(20-11-9-19(10-12-20)18(2)3)31-29(32)23-16-26(30-25-8-6-5-7-22(23)25)21-13-14-27-28(15-21)34-17-33-27/h5-16,18,24H,4,17H2,1-3H3,(H,31,32). The predicted molar refractivity (Wildman–Crippen MR) is 134 cm³/mol. The van der Waals surface area contributed by atoms with Crippen LogP contribution in [0.25, 0.3) is 22.2 Å². The van der Waals surface area contributed by atoms with E-state index < -0.39 is 0 Å². The summed E-state index contributed by atoms with van der Waals surface area (Å²) in [6, 6.07) is 23.8. The van der Waals surface area contributed by atoms with Gasteiger partial charge in [-0.1, -0.05) is 63.2 Å². The first-order valence-corrected chi connectivity index (χ1v) is 11.7. The van der Waals surface area contributed by atoms with Crippen LogP contribution in [-0.2, 0) is 0 Å². The fourth-order valence-electron chi connectivity index (χ4n) is 4.34. The van der Waals surface area contributed by atoms with Gasteiger partial charge in [0, 0.05) is 10.9 Å². The fourth-order valence-corrected chi connectivity index (χ4v) is 4.34. The number of nitrogens with zero attached hydrogens (tertiary/aromatic N) is 1. The van der Waals surface area contributed by atoms with Crippen molar-refractivity contribution in [2.45, 2.75) is 39.2 Å². The molecular formula is C29H28N2O3. The summed E-state index contributed by atoms with van der Waals surface area (Å²) >= 11 is 0. The molecule has 34 heavy (non-hydrogen) atoms. The maximum Gasteiger partial charge on any atom is 0.252 e. The molecule has 1 aliphatic heterocycles. The lowest BCUT2D eigenvalue weighted by molar-refractivity contribution is 0.0937. The number of hydrogen-bond donors (Lipinski definition) is 1. The Hall–Kier alpha value is -3.86. The van der Waals surface area contributed by atoms with Crippen molar-refractivity contribution in [1.29, 1.82) is 0 Å². The number of amides is 1. The molecular weight excluding hydrogens is 424 g/mol. The molecule has 3 aromatic carbocycles. The lowest BCUT2D eigenvalue weighted by atomic mass is 9.97. The van der Waals surface area contributed by atoms with Crippen LogP contribution in [0.15, 0.2) is 72.8 Å². The van der Waals surface area contributed by atoms with Gasteiger partial charge in [-0.25, -0.2) is 4.98 Å². The van der Waals surface area contributed by atoms with Gasteiger partial charge in [-0.2, -0.15) is 0 Å². The summed E-state index contributed by atoms with van der Waals surface area (Å²) in [5, 5.41) is 4.08. The molecule has 0 saturated carbocycles. The zero-order chi connectivity index (χ0) is 23.7. The number of fused-ring (bicyclic) bond motifs is 2. The maximum atomic E-state index is 13.6. The first-order valence-electron chi connectivity index (χ1n) is 11.7. The molecule has 172 valence electrons. The molecule has 0 spiro atoms. The van der Waals surface area contributed by atoms with Crippen LogP contribution in [0.5, 0.6) is 11.5 Å². The highest BCUT2D eigenvalue weighted by atomic mass is 16.7. The molecule has 2 heterocycles. The minimum Gasteiger partial charge on any atom is -0.454 e. The van der Waals surface area contributed by atoms with Crippen molar-refractivity contribution >= 4 is 16.8 Å². The van der Waals surface area contributed by atoms with E-state index in [0.717, 1.165) is 39.9 Å². The minimum atomic E-state index is -0.111. The van der Waals surface area contributed by atoms with Crippen LogP contribution < -0.4 is 14.8 Å². The highest BCUT2D eigenvalue weighted by Crippen LogP contribution is 2.36. The Labute approximate surface area is 199 Å². The van der Waals surface area contributed by atoms with Crippen molar-refractivity contribution in [3.8, 4) is 22.8 Å². The van der Waals surface area contributed by atoms with Crippen molar-refractivity contribution in [1.82, 2.24) is 10.3 Å². The molecule has 0 saturated heterocycles. The highest BCUT2D eigenvalue weighted by molar-refractivity contribution is 6.07. The Balaban J connectivity index is 1.50. The van der Waals surface area contributed by atoms with Gasteiger partial charge in [-0.15, -0.1) is 0 Å². The van der Waals surface area contributed by atoms with Crippen molar-refractivity contribution in [3.63, 3.8) is 0 Å². The van der Waals surface area contributed by atoms with Gasteiger partial charge < -0.3 is 14.8 Å². The van der Waals surface area contributed by atoms with Gasteiger partial charge in [-0.3, -0.25) is 4.79 Å². The Morgan fingerprint density at radius 1 is 0.941 bits per heavy atom. The number of nitrogens with one attached hydrogen (secondary N) is 1. The lowest BCUT2D eigenvalue weighted by Crippen LogP contribution is -2.28. The number of aromatic nitrogens is 1. The third kappa shape index (κ3) is 4.21. The van der Waals surface area contributed by atoms with E-state index in [1.54, 1.807) is 0 Å². The van der Waals surface area contributed by atoms with E-state index in [4.69, 9.17) is 14.5 Å². The molecule has 5 heteroatoms. The van der Waals surface area contributed by atoms with Crippen LogP contribution >= 0.6 is 0 Å². The molecule has 1 unspecified atom stereocenters. The molecule has 0 radical (unpaired) electrons. The number of carbonyl (C=O) groups excluding carboxylic acids is 1. The Morgan fingerprint density at radius 3 is 2.44 bits per heavy atom. The van der Waals surface area contributed by atoms with E-state index in [0.29, 0.717) is 17.2 Å². The van der Waals surface area contributed by atoms with E-state index in [9.17, 15) is 4.79 Å². The summed E-state index contributed by atoms with van der Waals surface area (Å²) in [4.78, 5) is 18.4. The monoisotopic (exact) mass is 452 g/mol. The van der Waals surface area contributed by atoms with E-state index in [1.807, 2.05) is 48.5 Å². The average molecular weight is 453 g/mol. The molecule has 1 N–H and O–H groups in total. The van der Waals surface area contributed by atoms with Gasteiger partial charge >= 0.3 is 0 Å². The van der Waals surface area contributed by atoms with Crippen LogP contribution in [0.4, 0.5) is 0 Å². The fraction of sp³-hybridized carbons (Fsp3) is 0.241. The van der Waals surface area contributed by atoms with Gasteiger partial charge in [0.05, 0.1) is 22.8 Å². The number of pyridine rings is 1. The quantitative estimate of drug-likeness (QED) is 0.356. The molecule has 4 aromatic rings. The molecule has 1 aromatic heterocycles. The summed E-state index contributed by atoms with van der Waals surface area (Å²) in [5.74, 6) is 1.77. The first kappa shape index (κ1) is 22.0. The lowest BCUT2D eigenvalue weighted by Gasteiger charge is -2.19. The summed E-state index contributed by atoms with van der Waals surface area (Å²) in [6.07, 6.45) is 0.796. The topological polar surface area (TPSA) is 60.5 Å². The largest absolute Gasteiger partial charge is 0.454 e. The molecule has 0 bridgehead atoms. The van der Waals surface area contributed by atoms with Crippen molar-refractivity contribution < 1.29 is 14.3 Å². The van der Waals surface area contributed by atoms with Crippen LogP contribution in [0.2, 0.25) is 0 Å². The van der Waals surface area contributed by atoms with E-state index in [-0.39, 0.29) is 18.7 Å². The van der Waals surface area contributed by atoms with E-state index in [1.165, 1.54) is 5.56 Å². The third-order valence-corrected chi connectivity index (χ3v) is 6.35. The van der Waals surface area contributed by atoms with Gasteiger partial charge in [0.25, 0.3) is 5.91 Å². The third-order valence-electron chi connectivity index (χ3n) is 6.35. The average Bonchev–Trinajstić information content (AvgIpc) is 3.34. The Bertz CT molecular complexity index is 1350. The van der Waals surface area contributed by atoms with Gasteiger partial charge in [0.1, 0.15) is 0 Å². The number of ether oxygens (including phenoxy) is 2. The maximum absolute atomic E-state index is 13.6. The van der Waals surface area contributed by atoms with Crippen LogP contribution in [-0.4, -0.2) is 17.7 Å². The molecule has 5 nitrogen and oxygen atoms in total. The molecule has 0 aliphatic carbocycles. The zero-order valence-corrected chi connectivity index (χ0v) is 19.7. The molecule has 1 aliphatic rings. The van der Waals surface area contributed by atoms with Crippen molar-refractivity contribution in [2.75, 3.05) is 6.79 Å². The van der Waals surface area contributed by atoms with Crippen LogP contribution in [0.3, 0.4) is 0 Å². The summed E-state index contributed by atoms with van der Waals surface area (Å²) < 4.78 is 11.0. The SMILES string of the molecule is CCC(NC(=O)c1cc(-c2ccc3c(c2)OCO3)nc2ccccc12)c1ccc(C(C)C)cc1. The van der Waals surface area contributed by atoms with Crippen LogP contribution in [0, 0.1) is 0 Å². The number of rotatable bonds is 6. The van der Waals surface area contributed by atoms with E-state index in [2.05, 4.69) is 50.4 Å². The molecule has 1 atom stereocenters. The van der Waals surface area contributed by atoms with Gasteiger partial charge in [0.2, 0.25) is 6.79 Å². The normalized spacial score (nSPS) is 13.3. The smallest absolute Gasteiger partial charge is 0.252 e. The number of carbonyl (C=O) groups is 1. The Kier molecular flexibility index (Phi) is 5.93. The number of hydrogen-bond acceptors (Lipinski definition) is 4. The molecule has 1 amide bonds. The van der Waals surface area contributed by atoms with Crippen molar-refractivity contribution in [2.24, 2.45) is 0 Å². The second-order valence-corrected chi connectivity index (χ2v) is 8.90. The Morgan fingerprint density at radius 2 is 1.68 bits per heavy atom. The second-order valence-electron chi connectivity index (χ2n) is 8.90. The van der Waals surface area contributed by atoms with Gasteiger partial charge in [0.15, 0.2) is 11.5 Å². The predicted octanol–water partition coefficient (Wildman–Crippen LogP) is 6.64. The molecule has 0 fully saturated rings. The summed E-state index contributed by atoms with van der Waals surface area (Å²) in [6.45, 7) is 6.67. The number of para-hydroxylation sites is 1. The van der Waals surface area contributed by atoms with Crippen molar-refractivity contribution in [3.05, 3.63) is 89.5 Å². The highest BCUT2D eigenvalue weighted by Gasteiger charge is 2.20. The minimum absolute atomic E-state index is 0.0744. The second kappa shape index (κ2) is 9.18. The number of benzene rings is 3. The summed E-state index contributed by atoms with van der Waals surface area (Å²) in [7, 11) is 0. The summed E-state index contributed by atoms with van der Waals surface area (Å²) in [5.41, 5.74) is 5.37. The van der Waals surface area contributed by atoms with Crippen LogP contribution in [0.1, 0.15) is 60.6 Å². The zero-order valence-electron chi connectivity index (χ0n) is 19.7. The van der Waals surface area contributed by atoms with E-state index >= 15 is 0 Å². The molecule has 5 rings (SSSR count). The first-order chi connectivity index (χ1) is 16.5. The van der Waals surface area contributed by atoms with Gasteiger partial charge in [-0.05, 0) is 53.8 Å².